The molecule has 26 heavy (non-hydrogen) atoms. The number of carbonyl (C=O) groups excluding carboxylic acids is 2. The van der Waals surface area contributed by atoms with Crippen LogP contribution in [-0.2, 0) is 16.0 Å². The van der Waals surface area contributed by atoms with Crippen LogP contribution < -0.4 is 10.1 Å². The lowest BCUT2D eigenvalue weighted by molar-refractivity contribution is -0.123. The highest BCUT2D eigenvalue weighted by Gasteiger charge is 2.30. The Kier molecular flexibility index (Phi) is 5.32. The number of imide groups is 1. The van der Waals surface area contributed by atoms with Crippen molar-refractivity contribution in [3.63, 3.8) is 0 Å². The third-order valence-electron chi connectivity index (χ3n) is 4.14. The van der Waals surface area contributed by atoms with Crippen LogP contribution >= 0.6 is 0 Å². The van der Waals surface area contributed by atoms with Gasteiger partial charge in [-0.3, -0.25) is 14.9 Å². The Labute approximate surface area is 153 Å². The van der Waals surface area contributed by atoms with E-state index in [9.17, 15) is 9.59 Å². The van der Waals surface area contributed by atoms with E-state index in [1.165, 1.54) is 5.57 Å². The Morgan fingerprint density at radius 1 is 0.962 bits per heavy atom. The summed E-state index contributed by atoms with van der Waals surface area (Å²) in [5.74, 6) is 0.0538. The molecule has 1 aliphatic heterocycles. The fourth-order valence-electron chi connectivity index (χ4n) is 2.79. The van der Waals surface area contributed by atoms with Crippen molar-refractivity contribution in [2.45, 2.75) is 20.3 Å². The molecule has 4 nitrogen and oxygen atoms in total. The predicted molar refractivity (Wildman–Crippen MR) is 102 cm³/mol. The van der Waals surface area contributed by atoms with Crippen LogP contribution in [0.1, 0.15) is 25.0 Å². The summed E-state index contributed by atoms with van der Waals surface area (Å²) in [4.78, 5) is 24.5. The number of allylic oxidation sites excluding steroid dienone is 1. The molecule has 0 spiro atoms. The van der Waals surface area contributed by atoms with Crippen LogP contribution in [0.3, 0.4) is 0 Å². The molecule has 0 atom stereocenters. The van der Waals surface area contributed by atoms with E-state index in [0.29, 0.717) is 29.7 Å². The fourth-order valence-corrected chi connectivity index (χ4v) is 2.79. The first-order chi connectivity index (χ1) is 12.5. The second kappa shape index (κ2) is 7.83. The maximum atomic E-state index is 12.3. The lowest BCUT2D eigenvalue weighted by Gasteiger charge is -2.07. The number of ether oxygens (including phenoxy) is 1. The van der Waals surface area contributed by atoms with E-state index in [4.69, 9.17) is 4.74 Å². The van der Waals surface area contributed by atoms with Crippen LogP contribution in [0.25, 0.3) is 5.57 Å². The molecule has 1 heterocycles. The zero-order valence-electron chi connectivity index (χ0n) is 14.9. The molecule has 3 rings (SSSR count). The van der Waals surface area contributed by atoms with E-state index in [0.717, 1.165) is 11.3 Å². The van der Waals surface area contributed by atoms with Crippen LogP contribution in [0.5, 0.6) is 5.75 Å². The van der Waals surface area contributed by atoms with Gasteiger partial charge in [0.15, 0.2) is 0 Å². The van der Waals surface area contributed by atoms with Gasteiger partial charge in [-0.25, -0.2) is 0 Å². The first-order valence-electron chi connectivity index (χ1n) is 8.54. The minimum atomic E-state index is -0.348. The summed E-state index contributed by atoms with van der Waals surface area (Å²) in [7, 11) is 0. The van der Waals surface area contributed by atoms with Gasteiger partial charge in [-0.15, -0.1) is 0 Å². The fraction of sp³-hybridized carbons (Fsp3) is 0.182. The number of hydrogen-bond acceptors (Lipinski definition) is 3. The molecule has 0 radical (unpaired) electrons. The maximum Gasteiger partial charge on any atom is 0.259 e. The van der Waals surface area contributed by atoms with E-state index in [1.54, 1.807) is 0 Å². The van der Waals surface area contributed by atoms with Crippen molar-refractivity contribution in [1.29, 1.82) is 0 Å². The SMILES string of the molecule is CC(C)=CCOc1ccc(C2=C(Cc3ccccc3)C(=O)NC2=O)cc1. The first-order valence-corrected chi connectivity index (χ1v) is 8.54. The third-order valence-corrected chi connectivity index (χ3v) is 4.14. The zero-order chi connectivity index (χ0) is 18.5. The van der Waals surface area contributed by atoms with Gasteiger partial charge in [0.1, 0.15) is 12.4 Å². The highest BCUT2D eigenvalue weighted by molar-refractivity contribution is 6.36. The molecule has 0 aliphatic carbocycles. The Balaban J connectivity index is 1.85. The molecule has 0 saturated heterocycles. The molecule has 0 saturated carbocycles. The molecule has 2 aromatic rings. The van der Waals surface area contributed by atoms with Crippen molar-refractivity contribution < 1.29 is 14.3 Å². The van der Waals surface area contributed by atoms with E-state index in [1.807, 2.05) is 74.5 Å². The van der Waals surface area contributed by atoms with Crippen molar-refractivity contribution in [3.8, 4) is 5.75 Å². The third kappa shape index (κ3) is 4.09. The molecule has 4 heteroatoms. The van der Waals surface area contributed by atoms with Gasteiger partial charge >= 0.3 is 0 Å². The molecule has 1 aliphatic rings. The highest BCUT2D eigenvalue weighted by atomic mass is 16.5. The number of nitrogens with one attached hydrogen (secondary N) is 1. The second-order valence-corrected chi connectivity index (χ2v) is 6.42. The monoisotopic (exact) mass is 347 g/mol. The Morgan fingerprint density at radius 2 is 1.65 bits per heavy atom. The van der Waals surface area contributed by atoms with Crippen LogP contribution in [0.4, 0.5) is 0 Å². The van der Waals surface area contributed by atoms with Crippen LogP contribution in [0.15, 0.2) is 71.8 Å². The summed E-state index contributed by atoms with van der Waals surface area (Å²) in [5.41, 5.74) is 3.84. The largest absolute Gasteiger partial charge is 0.490 e. The van der Waals surface area contributed by atoms with Crippen molar-refractivity contribution in [3.05, 3.63) is 82.9 Å². The van der Waals surface area contributed by atoms with Crippen molar-refractivity contribution in [2.75, 3.05) is 6.61 Å². The molecule has 0 unspecified atom stereocenters. The van der Waals surface area contributed by atoms with E-state index in [2.05, 4.69) is 5.32 Å². The molecule has 132 valence electrons. The summed E-state index contributed by atoms with van der Waals surface area (Å²) in [6.45, 7) is 4.54. The molecule has 2 amide bonds. The van der Waals surface area contributed by atoms with Crippen molar-refractivity contribution in [1.82, 2.24) is 5.32 Å². The van der Waals surface area contributed by atoms with Crippen LogP contribution in [-0.4, -0.2) is 18.4 Å². The average Bonchev–Trinajstić information content (AvgIpc) is 2.90. The minimum absolute atomic E-state index is 0.322. The Hall–Kier alpha value is -3.14. The summed E-state index contributed by atoms with van der Waals surface area (Å²) < 4.78 is 5.64. The highest BCUT2D eigenvalue weighted by Crippen LogP contribution is 2.28. The van der Waals surface area contributed by atoms with Gasteiger partial charge < -0.3 is 4.74 Å². The number of rotatable bonds is 6. The van der Waals surface area contributed by atoms with E-state index >= 15 is 0 Å². The summed E-state index contributed by atoms with van der Waals surface area (Å²) >= 11 is 0. The van der Waals surface area contributed by atoms with E-state index in [-0.39, 0.29) is 11.8 Å². The number of amides is 2. The number of carbonyl (C=O) groups is 2. The Morgan fingerprint density at radius 3 is 2.31 bits per heavy atom. The van der Waals surface area contributed by atoms with Gasteiger partial charge in [-0.1, -0.05) is 48.0 Å². The molecular weight excluding hydrogens is 326 g/mol. The lowest BCUT2D eigenvalue weighted by atomic mass is 9.96. The first kappa shape index (κ1) is 17.7. The van der Waals surface area contributed by atoms with Gasteiger partial charge in [0.25, 0.3) is 11.8 Å². The standard InChI is InChI=1S/C22H21NO3/c1-15(2)12-13-26-18-10-8-17(9-11-18)20-19(21(24)23-22(20)25)14-16-6-4-3-5-7-16/h3-12H,13-14H2,1-2H3,(H,23,24,25). The van der Waals surface area contributed by atoms with Crippen molar-refractivity contribution >= 4 is 17.4 Å². The summed E-state index contributed by atoms with van der Waals surface area (Å²) in [6, 6.07) is 16.9. The smallest absolute Gasteiger partial charge is 0.259 e. The quantitative estimate of drug-likeness (QED) is 0.640. The average molecular weight is 347 g/mol. The maximum absolute atomic E-state index is 12.3. The van der Waals surface area contributed by atoms with Crippen LogP contribution in [0, 0.1) is 0 Å². The van der Waals surface area contributed by atoms with Crippen LogP contribution in [0.2, 0.25) is 0 Å². The van der Waals surface area contributed by atoms with Crippen molar-refractivity contribution in [2.24, 2.45) is 0 Å². The Bertz CT molecular complexity index is 873. The summed E-state index contributed by atoms with van der Waals surface area (Å²) in [6.07, 6.45) is 2.42. The number of benzene rings is 2. The van der Waals surface area contributed by atoms with Gasteiger partial charge in [0.05, 0.1) is 5.57 Å². The normalized spacial score (nSPS) is 13.6. The molecule has 2 aromatic carbocycles. The van der Waals surface area contributed by atoms with Gasteiger partial charge in [0, 0.05) is 12.0 Å². The van der Waals surface area contributed by atoms with E-state index < -0.39 is 0 Å². The zero-order valence-corrected chi connectivity index (χ0v) is 14.9. The van der Waals surface area contributed by atoms with Gasteiger partial charge in [-0.2, -0.15) is 0 Å². The van der Waals surface area contributed by atoms with Gasteiger partial charge in [0.2, 0.25) is 0 Å². The topological polar surface area (TPSA) is 55.4 Å². The molecule has 1 N–H and O–H groups in total. The minimum Gasteiger partial charge on any atom is -0.490 e. The number of hydrogen-bond donors (Lipinski definition) is 1. The van der Waals surface area contributed by atoms with Gasteiger partial charge in [-0.05, 0) is 43.2 Å². The lowest BCUT2D eigenvalue weighted by Crippen LogP contribution is -2.23. The second-order valence-electron chi connectivity index (χ2n) is 6.42. The predicted octanol–water partition coefficient (Wildman–Crippen LogP) is 3.68. The summed E-state index contributed by atoms with van der Waals surface area (Å²) in [5, 5.41) is 2.41. The molecule has 0 aromatic heterocycles. The molecular formula is C22H21NO3. The molecule has 0 bridgehead atoms. The molecule has 0 fully saturated rings.